The number of nitrogens with two attached hydrogens (primary N) is 1. The number of hydrogen-bond donors (Lipinski definition) is 2. The largest absolute Gasteiger partial charge is 0.355 e. The smallest absolute Gasteiger partial charge is 0.221 e. The number of nitrogens with zero attached hydrogens (tertiary/aromatic N) is 1. The predicted molar refractivity (Wildman–Crippen MR) is 63.9 cm³/mol. The summed E-state index contributed by atoms with van der Waals surface area (Å²) in [5.41, 5.74) is 6.31. The standard InChI is InChI=1S/C12H19N3O/c1-12(2,9-15-11(16)5-6-13)10-4-3-7-14-8-10/h3-4,7-8H,5-6,9,13H2,1-2H3,(H,15,16). The fourth-order valence-corrected chi connectivity index (χ4v) is 1.40. The maximum absolute atomic E-state index is 11.3. The van der Waals surface area contributed by atoms with Crippen molar-refractivity contribution >= 4 is 5.91 Å². The van der Waals surface area contributed by atoms with Crippen LogP contribution in [0, 0.1) is 0 Å². The maximum Gasteiger partial charge on any atom is 0.221 e. The van der Waals surface area contributed by atoms with Crippen molar-refractivity contribution in [3.8, 4) is 0 Å². The van der Waals surface area contributed by atoms with Gasteiger partial charge in [0.15, 0.2) is 0 Å². The van der Waals surface area contributed by atoms with Crippen LogP contribution in [0.3, 0.4) is 0 Å². The van der Waals surface area contributed by atoms with E-state index in [2.05, 4.69) is 24.1 Å². The lowest BCUT2D eigenvalue weighted by molar-refractivity contribution is -0.121. The molecule has 88 valence electrons. The maximum atomic E-state index is 11.3. The van der Waals surface area contributed by atoms with E-state index in [9.17, 15) is 4.79 Å². The molecule has 0 bridgehead atoms. The van der Waals surface area contributed by atoms with Crippen LogP contribution >= 0.6 is 0 Å². The Kier molecular flexibility index (Phi) is 4.43. The van der Waals surface area contributed by atoms with Gasteiger partial charge >= 0.3 is 0 Å². The molecule has 4 heteroatoms. The molecule has 1 aromatic rings. The quantitative estimate of drug-likeness (QED) is 0.773. The van der Waals surface area contributed by atoms with Crippen molar-refractivity contribution in [1.29, 1.82) is 0 Å². The van der Waals surface area contributed by atoms with Crippen LogP contribution in [-0.2, 0) is 10.2 Å². The summed E-state index contributed by atoms with van der Waals surface area (Å²) in [6.45, 7) is 5.14. The highest BCUT2D eigenvalue weighted by atomic mass is 16.1. The zero-order valence-corrected chi connectivity index (χ0v) is 9.86. The Hall–Kier alpha value is -1.42. The van der Waals surface area contributed by atoms with E-state index in [0.29, 0.717) is 19.5 Å². The first-order valence-corrected chi connectivity index (χ1v) is 5.43. The second kappa shape index (κ2) is 5.61. The third-order valence-corrected chi connectivity index (χ3v) is 2.54. The zero-order valence-electron chi connectivity index (χ0n) is 9.86. The Morgan fingerprint density at radius 1 is 1.56 bits per heavy atom. The van der Waals surface area contributed by atoms with Gasteiger partial charge in [-0.25, -0.2) is 0 Å². The normalized spacial score (nSPS) is 11.2. The Balaban J connectivity index is 2.55. The third-order valence-electron chi connectivity index (χ3n) is 2.54. The molecule has 16 heavy (non-hydrogen) atoms. The summed E-state index contributed by atoms with van der Waals surface area (Å²) in [4.78, 5) is 15.4. The summed E-state index contributed by atoms with van der Waals surface area (Å²) >= 11 is 0. The number of carbonyl (C=O) groups excluding carboxylic acids is 1. The fourth-order valence-electron chi connectivity index (χ4n) is 1.40. The molecule has 0 atom stereocenters. The summed E-state index contributed by atoms with van der Waals surface area (Å²) in [5.74, 6) is -0.000495. The minimum Gasteiger partial charge on any atom is -0.355 e. The Morgan fingerprint density at radius 2 is 2.31 bits per heavy atom. The summed E-state index contributed by atoms with van der Waals surface area (Å²) in [6, 6.07) is 3.92. The molecular weight excluding hydrogens is 202 g/mol. The lowest BCUT2D eigenvalue weighted by Crippen LogP contribution is -2.37. The number of amides is 1. The van der Waals surface area contributed by atoms with Gasteiger partial charge in [0.05, 0.1) is 0 Å². The van der Waals surface area contributed by atoms with Gasteiger partial charge in [-0.05, 0) is 11.6 Å². The summed E-state index contributed by atoms with van der Waals surface area (Å²) in [7, 11) is 0. The molecule has 0 radical (unpaired) electrons. The lowest BCUT2D eigenvalue weighted by atomic mass is 9.85. The molecule has 0 aliphatic rings. The predicted octanol–water partition coefficient (Wildman–Crippen LogP) is 0.824. The molecule has 0 unspecified atom stereocenters. The van der Waals surface area contributed by atoms with Gasteiger partial charge in [-0.1, -0.05) is 19.9 Å². The number of rotatable bonds is 5. The third kappa shape index (κ3) is 3.62. The SMILES string of the molecule is CC(C)(CNC(=O)CCN)c1cccnc1. The van der Waals surface area contributed by atoms with Gasteiger partial charge in [0.2, 0.25) is 5.91 Å². The molecule has 4 nitrogen and oxygen atoms in total. The molecule has 1 heterocycles. The molecular formula is C12H19N3O. The van der Waals surface area contributed by atoms with E-state index >= 15 is 0 Å². The van der Waals surface area contributed by atoms with Gasteiger partial charge in [0.25, 0.3) is 0 Å². The van der Waals surface area contributed by atoms with Crippen LogP contribution in [-0.4, -0.2) is 24.0 Å². The van der Waals surface area contributed by atoms with E-state index in [1.54, 1.807) is 6.20 Å². The van der Waals surface area contributed by atoms with Crippen molar-refractivity contribution in [2.45, 2.75) is 25.7 Å². The van der Waals surface area contributed by atoms with Crippen LogP contribution < -0.4 is 11.1 Å². The Labute approximate surface area is 96.3 Å². The van der Waals surface area contributed by atoms with Crippen molar-refractivity contribution in [3.63, 3.8) is 0 Å². The average Bonchev–Trinajstić information content (AvgIpc) is 2.28. The number of carbonyl (C=O) groups is 1. The van der Waals surface area contributed by atoms with Crippen LogP contribution in [0.4, 0.5) is 0 Å². The van der Waals surface area contributed by atoms with Crippen molar-refractivity contribution < 1.29 is 4.79 Å². The van der Waals surface area contributed by atoms with Crippen LogP contribution in [0.1, 0.15) is 25.8 Å². The molecule has 0 fully saturated rings. The van der Waals surface area contributed by atoms with Gasteiger partial charge in [-0.2, -0.15) is 0 Å². The van der Waals surface area contributed by atoms with E-state index in [-0.39, 0.29) is 11.3 Å². The summed E-state index contributed by atoms with van der Waals surface area (Å²) in [6.07, 6.45) is 3.95. The van der Waals surface area contributed by atoms with E-state index in [1.807, 2.05) is 18.3 Å². The van der Waals surface area contributed by atoms with Crippen LogP contribution in [0.5, 0.6) is 0 Å². The first-order valence-electron chi connectivity index (χ1n) is 5.43. The summed E-state index contributed by atoms with van der Waals surface area (Å²) < 4.78 is 0. The van der Waals surface area contributed by atoms with Crippen LogP contribution in [0.25, 0.3) is 0 Å². The molecule has 3 N–H and O–H groups in total. The van der Waals surface area contributed by atoms with E-state index < -0.39 is 0 Å². The van der Waals surface area contributed by atoms with Crippen LogP contribution in [0.15, 0.2) is 24.5 Å². The topological polar surface area (TPSA) is 68.0 Å². The first kappa shape index (κ1) is 12.6. The Morgan fingerprint density at radius 3 is 2.88 bits per heavy atom. The molecule has 0 aliphatic heterocycles. The highest BCUT2D eigenvalue weighted by Crippen LogP contribution is 2.20. The number of hydrogen-bond acceptors (Lipinski definition) is 3. The number of pyridine rings is 1. The molecule has 0 aliphatic carbocycles. The first-order chi connectivity index (χ1) is 7.56. The van der Waals surface area contributed by atoms with E-state index in [0.717, 1.165) is 5.56 Å². The average molecular weight is 221 g/mol. The zero-order chi connectivity index (χ0) is 12.0. The van der Waals surface area contributed by atoms with E-state index in [4.69, 9.17) is 5.73 Å². The molecule has 0 saturated carbocycles. The molecule has 0 spiro atoms. The highest BCUT2D eigenvalue weighted by Gasteiger charge is 2.21. The monoisotopic (exact) mass is 221 g/mol. The number of nitrogens with one attached hydrogen (secondary N) is 1. The van der Waals surface area contributed by atoms with Crippen LogP contribution in [0.2, 0.25) is 0 Å². The minimum absolute atomic E-state index is 0.000495. The lowest BCUT2D eigenvalue weighted by Gasteiger charge is -2.25. The number of aromatic nitrogens is 1. The summed E-state index contributed by atoms with van der Waals surface area (Å²) in [5, 5.41) is 2.88. The molecule has 1 amide bonds. The van der Waals surface area contributed by atoms with Gasteiger partial charge in [0.1, 0.15) is 0 Å². The van der Waals surface area contributed by atoms with Gasteiger partial charge in [0, 0.05) is 37.3 Å². The molecule has 0 aromatic carbocycles. The highest BCUT2D eigenvalue weighted by molar-refractivity contribution is 5.76. The van der Waals surface area contributed by atoms with Crippen molar-refractivity contribution in [3.05, 3.63) is 30.1 Å². The van der Waals surface area contributed by atoms with Crippen molar-refractivity contribution in [1.82, 2.24) is 10.3 Å². The van der Waals surface area contributed by atoms with E-state index in [1.165, 1.54) is 0 Å². The van der Waals surface area contributed by atoms with Gasteiger partial charge < -0.3 is 11.1 Å². The van der Waals surface area contributed by atoms with Crippen molar-refractivity contribution in [2.75, 3.05) is 13.1 Å². The van der Waals surface area contributed by atoms with Crippen molar-refractivity contribution in [2.24, 2.45) is 5.73 Å². The van der Waals surface area contributed by atoms with Gasteiger partial charge in [-0.15, -0.1) is 0 Å². The van der Waals surface area contributed by atoms with Gasteiger partial charge in [-0.3, -0.25) is 9.78 Å². The second-order valence-corrected chi connectivity index (χ2v) is 4.44. The molecule has 1 rings (SSSR count). The molecule has 0 saturated heterocycles. The molecule has 1 aromatic heterocycles. The minimum atomic E-state index is -0.113. The fraction of sp³-hybridized carbons (Fsp3) is 0.500. The second-order valence-electron chi connectivity index (χ2n) is 4.44. The Bertz CT molecular complexity index is 335.